The van der Waals surface area contributed by atoms with Crippen molar-refractivity contribution in [3.63, 3.8) is 0 Å². The highest BCUT2D eigenvalue weighted by molar-refractivity contribution is 5.76. The van der Waals surface area contributed by atoms with Crippen LogP contribution in [0.4, 0.5) is 0 Å². The zero-order chi connectivity index (χ0) is 40.2. The molecule has 0 spiro atoms. The summed E-state index contributed by atoms with van der Waals surface area (Å²) < 4.78 is 11.9. The first-order valence-electron chi connectivity index (χ1n) is 23.7. The molecule has 0 radical (unpaired) electrons. The molecule has 0 fully saturated rings. The summed E-state index contributed by atoms with van der Waals surface area (Å²) in [6.07, 6.45) is 36.4. The molecule has 6 nitrogen and oxygen atoms in total. The average molecular weight is 766 g/mol. The van der Waals surface area contributed by atoms with E-state index in [1.54, 1.807) is 0 Å². The number of rotatable bonds is 41. The van der Waals surface area contributed by atoms with E-state index in [0.29, 0.717) is 19.6 Å². The van der Waals surface area contributed by atoms with E-state index in [1.165, 1.54) is 109 Å². The van der Waals surface area contributed by atoms with Crippen LogP contribution in [-0.2, 0) is 19.1 Å². The summed E-state index contributed by atoms with van der Waals surface area (Å²) >= 11 is 0. The zero-order valence-electron chi connectivity index (χ0n) is 37.6. The first-order valence-corrected chi connectivity index (χ1v) is 23.7. The second-order valence-electron chi connectivity index (χ2n) is 18.3. The number of hydrogen-bond donors (Lipinski definition) is 1. The summed E-state index contributed by atoms with van der Waals surface area (Å²) in [5.41, 5.74) is -0.493. The summed E-state index contributed by atoms with van der Waals surface area (Å²) in [7, 11) is 0. The van der Waals surface area contributed by atoms with Crippen molar-refractivity contribution in [3.05, 3.63) is 0 Å². The molecule has 0 rings (SSSR count). The average Bonchev–Trinajstić information content (AvgIpc) is 3.14. The minimum atomic E-state index is -0.447. The standard InChI is InChI=1S/C48H95NO5/c1-8-11-14-17-20-21-22-25-30-36-45(51)53-43-47(4,5)37-33-40-49(41-42-50)39-32-27-26-31-38-48(6,7)46(52)54-44(34-28-23-18-15-12-9-2)35-29-24-19-16-13-10-3/h44,50H,8-43H2,1-7H3. The number of nitrogens with zero attached hydrogens (tertiary/aromatic N) is 1. The fraction of sp³-hybridized carbons (Fsp3) is 0.958. The molecule has 0 aliphatic heterocycles. The Morgan fingerprint density at radius 2 is 0.981 bits per heavy atom. The Bertz CT molecular complexity index is 827. The van der Waals surface area contributed by atoms with Crippen molar-refractivity contribution in [2.24, 2.45) is 10.8 Å². The smallest absolute Gasteiger partial charge is 0.311 e. The van der Waals surface area contributed by atoms with Crippen LogP contribution in [0.2, 0.25) is 0 Å². The summed E-state index contributed by atoms with van der Waals surface area (Å²) in [4.78, 5) is 28.1. The van der Waals surface area contributed by atoms with Crippen molar-refractivity contribution in [1.29, 1.82) is 0 Å². The second kappa shape index (κ2) is 36.2. The van der Waals surface area contributed by atoms with Gasteiger partial charge in [0.15, 0.2) is 0 Å². The van der Waals surface area contributed by atoms with Crippen molar-refractivity contribution in [3.8, 4) is 0 Å². The Morgan fingerprint density at radius 3 is 1.50 bits per heavy atom. The zero-order valence-corrected chi connectivity index (χ0v) is 37.6. The van der Waals surface area contributed by atoms with E-state index in [2.05, 4.69) is 53.4 Å². The van der Waals surface area contributed by atoms with Gasteiger partial charge in [0.2, 0.25) is 0 Å². The molecule has 0 unspecified atom stereocenters. The quantitative estimate of drug-likeness (QED) is 0.0493. The van der Waals surface area contributed by atoms with Crippen LogP contribution in [0.25, 0.3) is 0 Å². The maximum absolute atomic E-state index is 13.4. The Morgan fingerprint density at radius 1 is 0.537 bits per heavy atom. The van der Waals surface area contributed by atoms with Gasteiger partial charge < -0.3 is 19.5 Å². The lowest BCUT2D eigenvalue weighted by atomic mass is 9.86. The molecule has 6 heteroatoms. The molecule has 0 atom stereocenters. The molecule has 0 heterocycles. The number of aliphatic hydroxyl groups excluding tert-OH is 1. The fourth-order valence-corrected chi connectivity index (χ4v) is 7.49. The van der Waals surface area contributed by atoms with Crippen molar-refractivity contribution >= 4 is 11.9 Å². The summed E-state index contributed by atoms with van der Waals surface area (Å²) in [6, 6.07) is 0. The molecule has 0 aromatic heterocycles. The molecule has 0 saturated carbocycles. The summed E-state index contributed by atoms with van der Waals surface area (Å²) in [6.45, 7) is 18.6. The van der Waals surface area contributed by atoms with Crippen LogP contribution in [0.3, 0.4) is 0 Å². The fourth-order valence-electron chi connectivity index (χ4n) is 7.49. The lowest BCUT2D eigenvalue weighted by Crippen LogP contribution is -2.31. The van der Waals surface area contributed by atoms with Gasteiger partial charge in [-0.2, -0.15) is 0 Å². The van der Waals surface area contributed by atoms with Gasteiger partial charge in [0, 0.05) is 13.0 Å². The monoisotopic (exact) mass is 766 g/mol. The van der Waals surface area contributed by atoms with Crippen LogP contribution < -0.4 is 0 Å². The van der Waals surface area contributed by atoms with E-state index in [1.807, 2.05) is 0 Å². The minimum absolute atomic E-state index is 0.00456. The first-order chi connectivity index (χ1) is 26.0. The number of hydrogen-bond acceptors (Lipinski definition) is 6. The van der Waals surface area contributed by atoms with Gasteiger partial charge in [0.1, 0.15) is 6.10 Å². The minimum Gasteiger partial charge on any atom is -0.465 e. The van der Waals surface area contributed by atoms with Crippen LogP contribution in [0.1, 0.15) is 248 Å². The maximum atomic E-state index is 13.4. The van der Waals surface area contributed by atoms with Crippen molar-refractivity contribution in [2.45, 2.75) is 254 Å². The van der Waals surface area contributed by atoms with E-state index >= 15 is 0 Å². The molecule has 1 N–H and O–H groups in total. The topological polar surface area (TPSA) is 76.1 Å². The third kappa shape index (κ3) is 33.0. The summed E-state index contributed by atoms with van der Waals surface area (Å²) in [5.74, 6) is -0.0560. The van der Waals surface area contributed by atoms with E-state index in [4.69, 9.17) is 9.47 Å². The molecule has 0 aliphatic rings. The largest absolute Gasteiger partial charge is 0.465 e. The number of ether oxygens (including phenoxy) is 2. The molecule has 0 aromatic carbocycles. The lowest BCUT2D eigenvalue weighted by molar-refractivity contribution is -0.161. The van der Waals surface area contributed by atoms with E-state index in [-0.39, 0.29) is 30.1 Å². The van der Waals surface area contributed by atoms with Crippen LogP contribution >= 0.6 is 0 Å². The molecule has 0 amide bonds. The maximum Gasteiger partial charge on any atom is 0.311 e. The van der Waals surface area contributed by atoms with Gasteiger partial charge in [0.05, 0.1) is 18.6 Å². The van der Waals surface area contributed by atoms with Gasteiger partial charge in [-0.1, -0.05) is 169 Å². The highest BCUT2D eigenvalue weighted by Crippen LogP contribution is 2.29. The number of aliphatic hydroxyl groups is 1. The molecular formula is C48H95NO5. The Kier molecular flexibility index (Phi) is 35.5. The van der Waals surface area contributed by atoms with Crippen molar-refractivity contribution in [1.82, 2.24) is 4.90 Å². The Balaban J connectivity index is 4.38. The SMILES string of the molecule is CCCCCCCCCCCC(=O)OCC(C)(C)CCCN(CCO)CCCCCCC(C)(C)C(=O)OC(CCCCCCCC)CCCCCCCC. The normalized spacial score (nSPS) is 12.3. The van der Waals surface area contributed by atoms with Crippen LogP contribution in [-0.4, -0.2) is 60.9 Å². The van der Waals surface area contributed by atoms with Crippen LogP contribution in [0, 0.1) is 10.8 Å². The molecular weight excluding hydrogens is 671 g/mol. The molecule has 0 saturated heterocycles. The number of unbranched alkanes of at least 4 members (excludes halogenated alkanes) is 21. The van der Waals surface area contributed by atoms with Crippen LogP contribution in [0.15, 0.2) is 0 Å². The van der Waals surface area contributed by atoms with Gasteiger partial charge in [-0.05, 0) is 90.1 Å². The van der Waals surface area contributed by atoms with Crippen LogP contribution in [0.5, 0.6) is 0 Å². The molecule has 322 valence electrons. The third-order valence-corrected chi connectivity index (χ3v) is 11.5. The molecule has 0 aromatic rings. The Labute approximate surface area is 337 Å². The number of carbonyl (C=O) groups is 2. The van der Waals surface area contributed by atoms with Gasteiger partial charge >= 0.3 is 11.9 Å². The van der Waals surface area contributed by atoms with Gasteiger partial charge in [-0.3, -0.25) is 9.59 Å². The van der Waals surface area contributed by atoms with E-state index in [0.717, 1.165) is 96.6 Å². The van der Waals surface area contributed by atoms with Gasteiger partial charge in [0.25, 0.3) is 0 Å². The third-order valence-electron chi connectivity index (χ3n) is 11.5. The molecule has 54 heavy (non-hydrogen) atoms. The van der Waals surface area contributed by atoms with E-state index in [9.17, 15) is 14.7 Å². The Hall–Kier alpha value is -1.14. The highest BCUT2D eigenvalue weighted by Gasteiger charge is 2.31. The number of esters is 2. The summed E-state index contributed by atoms with van der Waals surface area (Å²) in [5, 5.41) is 9.69. The number of carbonyl (C=O) groups excluding carboxylic acids is 2. The molecule has 0 aliphatic carbocycles. The molecule has 0 bridgehead atoms. The van der Waals surface area contributed by atoms with Crippen molar-refractivity contribution in [2.75, 3.05) is 32.8 Å². The lowest BCUT2D eigenvalue weighted by Gasteiger charge is -2.27. The predicted molar refractivity (Wildman–Crippen MR) is 232 cm³/mol. The highest BCUT2D eigenvalue weighted by atomic mass is 16.5. The predicted octanol–water partition coefficient (Wildman–Crippen LogP) is 13.9. The first kappa shape index (κ1) is 52.9. The van der Waals surface area contributed by atoms with Gasteiger partial charge in [-0.15, -0.1) is 0 Å². The second-order valence-corrected chi connectivity index (χ2v) is 18.3. The van der Waals surface area contributed by atoms with Gasteiger partial charge in [-0.25, -0.2) is 0 Å². The van der Waals surface area contributed by atoms with E-state index < -0.39 is 5.41 Å². The van der Waals surface area contributed by atoms with Crippen molar-refractivity contribution < 1.29 is 24.2 Å².